The number of nitrogens with zero attached hydrogens (tertiary/aromatic N) is 6. The molecule has 5 rings (SSSR count). The zero-order valence-corrected chi connectivity index (χ0v) is 25.2. The van der Waals surface area contributed by atoms with E-state index < -0.39 is 0 Å². The average molecular weight is 598 g/mol. The molecule has 1 atom stereocenters. The second-order valence-electron chi connectivity index (χ2n) is 11.4. The lowest BCUT2D eigenvalue weighted by Crippen LogP contribution is -2.50. The molecule has 12 heteroatoms. The minimum Gasteiger partial charge on any atom is -0.451 e. The van der Waals surface area contributed by atoms with E-state index >= 15 is 0 Å². The molecule has 0 unspecified atom stereocenters. The Morgan fingerprint density at radius 3 is 2.66 bits per heavy atom. The van der Waals surface area contributed by atoms with Crippen LogP contribution in [0.4, 0.5) is 27.7 Å². The standard InChI is InChI=1S/C32H39N9O3/c1-4-31(42)38-28-15-27(10-11-29(28)40-14-13-39(3)22(2)19-40)41(32(43)35-18-25-20-44-21-36-25)26-8-6-24(7-9-26)37-30-12-5-23(16-33)17-34-30/h4-5,10-12,15,17,20-22,24,26H,1,6-9,13-14,18-19H2,2-3H3,(H,34,37)(H,35,43)(H,38,42)/t22-,24?,26?/m0/s1. The predicted octanol–water partition coefficient (Wildman–Crippen LogP) is 4.35. The van der Waals surface area contributed by atoms with Crippen molar-refractivity contribution in [1.82, 2.24) is 20.2 Å². The van der Waals surface area contributed by atoms with Crippen molar-refractivity contribution in [2.45, 2.75) is 57.3 Å². The molecule has 3 heterocycles. The molecule has 1 aromatic carbocycles. The van der Waals surface area contributed by atoms with Gasteiger partial charge < -0.3 is 30.2 Å². The fourth-order valence-electron chi connectivity index (χ4n) is 5.80. The van der Waals surface area contributed by atoms with Crippen LogP contribution in [0.15, 0.2) is 66.3 Å². The molecule has 3 N–H and O–H groups in total. The van der Waals surface area contributed by atoms with E-state index in [9.17, 15) is 9.59 Å². The molecular formula is C32H39N9O3. The summed E-state index contributed by atoms with van der Waals surface area (Å²) in [7, 11) is 2.12. The Hall–Kier alpha value is -4.89. The van der Waals surface area contributed by atoms with E-state index in [0.717, 1.165) is 56.8 Å². The maximum absolute atomic E-state index is 13.8. The molecular weight excluding hydrogens is 558 g/mol. The molecule has 3 amide bonds. The molecule has 3 aromatic rings. The SMILES string of the molecule is C=CC(=O)Nc1cc(N(C(=O)NCc2cocn2)C2CCC(Nc3ccc(C#N)cn3)CC2)ccc1N1CCN(C)[C@@H](C)C1. The minimum absolute atomic E-state index is 0.0725. The van der Waals surface area contributed by atoms with Crippen LogP contribution in [0.2, 0.25) is 0 Å². The van der Waals surface area contributed by atoms with Crippen LogP contribution in [0.1, 0.15) is 43.9 Å². The fraction of sp³-hybridized carbons (Fsp3) is 0.406. The Morgan fingerprint density at radius 2 is 2.00 bits per heavy atom. The number of carbonyl (C=O) groups is 2. The number of aromatic nitrogens is 2. The van der Waals surface area contributed by atoms with Crippen molar-refractivity contribution in [1.29, 1.82) is 5.26 Å². The summed E-state index contributed by atoms with van der Waals surface area (Å²) in [5.74, 6) is 0.418. The third-order valence-corrected chi connectivity index (χ3v) is 8.43. The predicted molar refractivity (Wildman–Crippen MR) is 169 cm³/mol. The quantitative estimate of drug-likeness (QED) is 0.307. The fourth-order valence-corrected chi connectivity index (χ4v) is 5.80. The van der Waals surface area contributed by atoms with E-state index in [0.29, 0.717) is 28.7 Å². The molecule has 230 valence electrons. The molecule has 12 nitrogen and oxygen atoms in total. The number of urea groups is 1. The lowest BCUT2D eigenvalue weighted by Gasteiger charge is -2.40. The van der Waals surface area contributed by atoms with Crippen molar-refractivity contribution in [3.05, 3.63) is 73.1 Å². The average Bonchev–Trinajstić information content (AvgIpc) is 3.57. The first-order valence-electron chi connectivity index (χ1n) is 14.9. The van der Waals surface area contributed by atoms with Crippen LogP contribution in [0.3, 0.4) is 0 Å². The summed E-state index contributed by atoms with van der Waals surface area (Å²) in [5.41, 5.74) is 3.39. The molecule has 44 heavy (non-hydrogen) atoms. The zero-order valence-electron chi connectivity index (χ0n) is 25.2. The number of rotatable bonds is 9. The largest absolute Gasteiger partial charge is 0.451 e. The van der Waals surface area contributed by atoms with Gasteiger partial charge in [0.2, 0.25) is 5.91 Å². The second kappa shape index (κ2) is 14.1. The molecule has 0 spiro atoms. The maximum Gasteiger partial charge on any atom is 0.322 e. The minimum atomic E-state index is -0.310. The van der Waals surface area contributed by atoms with Gasteiger partial charge in [0.25, 0.3) is 0 Å². The number of piperazine rings is 1. The summed E-state index contributed by atoms with van der Waals surface area (Å²) in [6.45, 7) is 8.59. The topological polar surface area (TPSA) is 143 Å². The van der Waals surface area contributed by atoms with Gasteiger partial charge in [-0.25, -0.2) is 14.8 Å². The van der Waals surface area contributed by atoms with Crippen LogP contribution < -0.4 is 25.8 Å². The number of amides is 3. The highest BCUT2D eigenvalue weighted by Crippen LogP contribution is 2.35. The number of nitriles is 1. The van der Waals surface area contributed by atoms with Crippen LogP contribution in [-0.2, 0) is 11.3 Å². The molecule has 0 bridgehead atoms. The number of nitrogens with one attached hydrogen (secondary N) is 3. The molecule has 1 saturated heterocycles. The monoisotopic (exact) mass is 597 g/mol. The lowest BCUT2D eigenvalue weighted by molar-refractivity contribution is -0.111. The number of benzene rings is 1. The third-order valence-electron chi connectivity index (χ3n) is 8.43. The Morgan fingerprint density at radius 1 is 1.18 bits per heavy atom. The van der Waals surface area contributed by atoms with Crippen LogP contribution in [0.25, 0.3) is 0 Å². The first kappa shape index (κ1) is 30.6. The highest BCUT2D eigenvalue weighted by molar-refractivity contribution is 6.02. The normalized spacial score (nSPS) is 20.3. The number of likely N-dealkylation sites (N-methyl/N-ethyl adjacent to an activating group) is 1. The summed E-state index contributed by atoms with van der Waals surface area (Å²) in [4.78, 5) is 41.2. The van der Waals surface area contributed by atoms with Crippen molar-refractivity contribution in [2.24, 2.45) is 0 Å². The lowest BCUT2D eigenvalue weighted by atomic mass is 9.89. The molecule has 1 aliphatic carbocycles. The smallest absolute Gasteiger partial charge is 0.322 e. The first-order chi connectivity index (χ1) is 21.3. The van der Waals surface area contributed by atoms with E-state index in [2.05, 4.69) is 62.3 Å². The molecule has 2 aromatic heterocycles. The van der Waals surface area contributed by atoms with Gasteiger partial charge in [0.1, 0.15) is 18.2 Å². The van der Waals surface area contributed by atoms with E-state index in [1.54, 1.807) is 17.2 Å². The molecule has 1 aliphatic heterocycles. The van der Waals surface area contributed by atoms with Crippen LogP contribution in [-0.4, -0.2) is 71.6 Å². The van der Waals surface area contributed by atoms with E-state index in [4.69, 9.17) is 9.68 Å². The van der Waals surface area contributed by atoms with Gasteiger partial charge in [-0.05, 0) is 76.1 Å². The molecule has 0 radical (unpaired) electrons. The van der Waals surface area contributed by atoms with Crippen LogP contribution in [0, 0.1) is 11.3 Å². The first-order valence-corrected chi connectivity index (χ1v) is 14.9. The number of anilines is 4. The van der Waals surface area contributed by atoms with Gasteiger partial charge in [-0.2, -0.15) is 5.26 Å². The summed E-state index contributed by atoms with van der Waals surface area (Å²) in [5, 5.41) is 18.5. The summed E-state index contributed by atoms with van der Waals surface area (Å²) < 4.78 is 5.07. The Balaban J connectivity index is 1.38. The number of hydrogen-bond donors (Lipinski definition) is 3. The highest BCUT2D eigenvalue weighted by Gasteiger charge is 2.31. The number of carbonyl (C=O) groups excluding carboxylic acids is 2. The molecule has 2 aliphatic rings. The highest BCUT2D eigenvalue weighted by atomic mass is 16.3. The van der Waals surface area contributed by atoms with Gasteiger partial charge >= 0.3 is 6.03 Å². The second-order valence-corrected chi connectivity index (χ2v) is 11.4. The maximum atomic E-state index is 13.8. The van der Waals surface area contributed by atoms with Crippen molar-refractivity contribution < 1.29 is 14.0 Å². The molecule has 1 saturated carbocycles. The zero-order chi connectivity index (χ0) is 31.1. The van der Waals surface area contributed by atoms with E-state index in [-0.39, 0.29) is 30.6 Å². The van der Waals surface area contributed by atoms with Gasteiger partial charge in [0.15, 0.2) is 6.39 Å². The van der Waals surface area contributed by atoms with Crippen molar-refractivity contribution in [2.75, 3.05) is 47.1 Å². The summed E-state index contributed by atoms with van der Waals surface area (Å²) >= 11 is 0. The Kier molecular flexibility index (Phi) is 9.76. The number of pyridine rings is 1. The van der Waals surface area contributed by atoms with E-state index in [1.165, 1.54) is 18.7 Å². The molecule has 2 fully saturated rings. The number of hydrogen-bond acceptors (Lipinski definition) is 9. The Bertz CT molecular complexity index is 1480. The third kappa shape index (κ3) is 7.36. The van der Waals surface area contributed by atoms with Crippen molar-refractivity contribution >= 4 is 34.8 Å². The van der Waals surface area contributed by atoms with Gasteiger partial charge in [-0.3, -0.25) is 9.69 Å². The van der Waals surface area contributed by atoms with E-state index in [1.807, 2.05) is 24.3 Å². The van der Waals surface area contributed by atoms with Gasteiger partial charge in [-0.15, -0.1) is 0 Å². The summed E-state index contributed by atoms with van der Waals surface area (Å²) in [6, 6.07) is 11.7. The van der Waals surface area contributed by atoms with Crippen LogP contribution >= 0.6 is 0 Å². The summed E-state index contributed by atoms with van der Waals surface area (Å²) in [6.07, 6.45) is 8.84. The van der Waals surface area contributed by atoms with Gasteiger partial charge in [0.05, 0.1) is 29.2 Å². The number of oxazole rings is 1. The van der Waals surface area contributed by atoms with Crippen LogP contribution in [0.5, 0.6) is 0 Å². The van der Waals surface area contributed by atoms with Gasteiger partial charge in [0, 0.05) is 49.6 Å². The Labute approximate surface area is 257 Å². The van der Waals surface area contributed by atoms with Crippen molar-refractivity contribution in [3.63, 3.8) is 0 Å². The van der Waals surface area contributed by atoms with Crippen molar-refractivity contribution in [3.8, 4) is 6.07 Å². The van der Waals surface area contributed by atoms with Gasteiger partial charge in [-0.1, -0.05) is 6.58 Å².